The first kappa shape index (κ1) is 12.2. The minimum atomic E-state index is 0.561. The SMILES string of the molecule is COc1ccc2nc(C)cc(SC(C)C)c2c1. The van der Waals surface area contributed by atoms with Crippen LogP contribution in [0.2, 0.25) is 0 Å². The van der Waals surface area contributed by atoms with Gasteiger partial charge in [0.15, 0.2) is 0 Å². The van der Waals surface area contributed by atoms with E-state index in [2.05, 4.69) is 31.0 Å². The van der Waals surface area contributed by atoms with Crippen molar-refractivity contribution in [3.05, 3.63) is 30.0 Å². The van der Waals surface area contributed by atoms with Gasteiger partial charge in [-0.1, -0.05) is 13.8 Å². The van der Waals surface area contributed by atoms with Crippen LogP contribution in [0.3, 0.4) is 0 Å². The molecular weight excluding hydrogens is 230 g/mol. The van der Waals surface area contributed by atoms with E-state index in [4.69, 9.17) is 4.74 Å². The summed E-state index contributed by atoms with van der Waals surface area (Å²) in [6, 6.07) is 8.18. The molecule has 0 radical (unpaired) electrons. The second-order valence-corrected chi connectivity index (χ2v) is 5.93. The Morgan fingerprint density at radius 3 is 2.65 bits per heavy atom. The van der Waals surface area contributed by atoms with Crippen molar-refractivity contribution in [1.82, 2.24) is 4.98 Å². The Balaban J connectivity index is 2.61. The Kier molecular flexibility index (Phi) is 3.57. The first-order chi connectivity index (χ1) is 8.10. The monoisotopic (exact) mass is 247 g/mol. The van der Waals surface area contributed by atoms with Crippen LogP contribution in [-0.4, -0.2) is 17.3 Å². The number of hydrogen-bond acceptors (Lipinski definition) is 3. The van der Waals surface area contributed by atoms with Crippen LogP contribution in [0.1, 0.15) is 19.5 Å². The molecule has 0 fully saturated rings. The van der Waals surface area contributed by atoms with Crippen molar-refractivity contribution in [1.29, 1.82) is 0 Å². The van der Waals surface area contributed by atoms with Crippen molar-refractivity contribution < 1.29 is 4.74 Å². The predicted octanol–water partition coefficient (Wildman–Crippen LogP) is 4.05. The minimum absolute atomic E-state index is 0.561. The zero-order chi connectivity index (χ0) is 12.4. The molecule has 2 nitrogen and oxygen atoms in total. The summed E-state index contributed by atoms with van der Waals surface area (Å²) in [4.78, 5) is 5.83. The summed E-state index contributed by atoms with van der Waals surface area (Å²) in [6.45, 7) is 6.44. The molecule has 0 atom stereocenters. The normalized spacial score (nSPS) is 11.1. The molecule has 0 saturated carbocycles. The Hall–Kier alpha value is -1.22. The van der Waals surface area contributed by atoms with E-state index in [-0.39, 0.29) is 0 Å². The second kappa shape index (κ2) is 4.96. The zero-order valence-corrected chi connectivity index (χ0v) is 11.5. The number of thioether (sulfide) groups is 1. The average Bonchev–Trinajstić information content (AvgIpc) is 2.27. The topological polar surface area (TPSA) is 22.1 Å². The third-order valence-electron chi connectivity index (χ3n) is 2.47. The lowest BCUT2D eigenvalue weighted by molar-refractivity contribution is 0.415. The largest absolute Gasteiger partial charge is 0.497 e. The maximum atomic E-state index is 5.28. The van der Waals surface area contributed by atoms with Crippen LogP contribution in [0.4, 0.5) is 0 Å². The van der Waals surface area contributed by atoms with Gasteiger partial charge in [-0.15, -0.1) is 11.8 Å². The fourth-order valence-electron chi connectivity index (χ4n) is 1.78. The van der Waals surface area contributed by atoms with Crippen LogP contribution in [0.5, 0.6) is 5.75 Å². The summed E-state index contributed by atoms with van der Waals surface area (Å²) in [6.07, 6.45) is 0. The number of fused-ring (bicyclic) bond motifs is 1. The summed E-state index contributed by atoms with van der Waals surface area (Å²) < 4.78 is 5.28. The van der Waals surface area contributed by atoms with E-state index in [9.17, 15) is 0 Å². The fraction of sp³-hybridized carbons (Fsp3) is 0.357. The number of aryl methyl sites for hydroxylation is 1. The molecule has 0 aliphatic carbocycles. The van der Waals surface area contributed by atoms with Crippen molar-refractivity contribution in [3.63, 3.8) is 0 Å². The van der Waals surface area contributed by atoms with Crippen molar-refractivity contribution in [2.75, 3.05) is 7.11 Å². The lowest BCUT2D eigenvalue weighted by Gasteiger charge is -2.10. The summed E-state index contributed by atoms with van der Waals surface area (Å²) >= 11 is 1.87. The van der Waals surface area contributed by atoms with Crippen molar-refractivity contribution in [3.8, 4) is 5.75 Å². The lowest BCUT2D eigenvalue weighted by Crippen LogP contribution is -1.92. The Morgan fingerprint density at radius 1 is 1.24 bits per heavy atom. The molecule has 90 valence electrons. The smallest absolute Gasteiger partial charge is 0.119 e. The highest BCUT2D eigenvalue weighted by Crippen LogP contribution is 2.32. The van der Waals surface area contributed by atoms with Gasteiger partial charge in [0.1, 0.15) is 5.75 Å². The van der Waals surface area contributed by atoms with E-state index >= 15 is 0 Å². The van der Waals surface area contributed by atoms with Gasteiger partial charge in [-0.2, -0.15) is 0 Å². The molecule has 1 aromatic heterocycles. The maximum Gasteiger partial charge on any atom is 0.119 e. The highest BCUT2D eigenvalue weighted by molar-refractivity contribution is 8.00. The third kappa shape index (κ3) is 2.72. The van der Waals surface area contributed by atoms with Crippen LogP contribution >= 0.6 is 11.8 Å². The van der Waals surface area contributed by atoms with Gasteiger partial charge in [0, 0.05) is 21.2 Å². The Labute approximate surface area is 106 Å². The van der Waals surface area contributed by atoms with Gasteiger partial charge >= 0.3 is 0 Å². The number of ether oxygens (including phenoxy) is 1. The number of pyridine rings is 1. The molecule has 0 aliphatic rings. The number of methoxy groups -OCH3 is 1. The van der Waals surface area contributed by atoms with Gasteiger partial charge < -0.3 is 4.74 Å². The molecule has 17 heavy (non-hydrogen) atoms. The van der Waals surface area contributed by atoms with E-state index in [1.54, 1.807) is 7.11 Å². The van der Waals surface area contributed by atoms with Gasteiger partial charge in [-0.05, 0) is 31.2 Å². The van der Waals surface area contributed by atoms with Crippen LogP contribution in [0.25, 0.3) is 10.9 Å². The van der Waals surface area contributed by atoms with E-state index in [0.717, 1.165) is 17.0 Å². The van der Waals surface area contributed by atoms with E-state index < -0.39 is 0 Å². The van der Waals surface area contributed by atoms with Gasteiger partial charge in [0.2, 0.25) is 0 Å². The zero-order valence-electron chi connectivity index (χ0n) is 10.7. The Morgan fingerprint density at radius 2 is 2.00 bits per heavy atom. The minimum Gasteiger partial charge on any atom is -0.497 e. The number of rotatable bonds is 3. The molecule has 0 amide bonds. The molecule has 0 spiro atoms. The summed E-state index contributed by atoms with van der Waals surface area (Å²) in [7, 11) is 1.69. The molecule has 1 aromatic carbocycles. The van der Waals surface area contributed by atoms with Crippen LogP contribution < -0.4 is 4.74 Å². The standard InChI is InChI=1S/C14H17NOS/c1-9(2)17-14-7-10(3)15-13-6-5-11(16-4)8-12(13)14/h5-9H,1-4H3. The Bertz CT molecular complexity index is 537. The number of benzene rings is 1. The lowest BCUT2D eigenvalue weighted by atomic mass is 10.2. The van der Waals surface area contributed by atoms with Crippen LogP contribution in [0, 0.1) is 6.92 Å². The quantitative estimate of drug-likeness (QED) is 0.764. The molecule has 2 aromatic rings. The van der Waals surface area contributed by atoms with Crippen LogP contribution in [-0.2, 0) is 0 Å². The summed E-state index contributed by atoms with van der Waals surface area (Å²) in [5.41, 5.74) is 2.10. The average molecular weight is 247 g/mol. The van der Waals surface area contributed by atoms with Crippen molar-refractivity contribution >= 4 is 22.7 Å². The third-order valence-corrected chi connectivity index (χ3v) is 3.53. The van der Waals surface area contributed by atoms with Crippen LogP contribution in [0.15, 0.2) is 29.2 Å². The molecule has 0 saturated heterocycles. The second-order valence-electron chi connectivity index (χ2n) is 4.31. The van der Waals surface area contributed by atoms with Crippen molar-refractivity contribution in [2.24, 2.45) is 0 Å². The van der Waals surface area contributed by atoms with Crippen molar-refractivity contribution in [2.45, 2.75) is 30.9 Å². The molecule has 0 bridgehead atoms. The highest BCUT2D eigenvalue weighted by Gasteiger charge is 2.07. The first-order valence-corrected chi connectivity index (χ1v) is 6.60. The summed E-state index contributed by atoms with van der Waals surface area (Å²) in [5, 5.41) is 1.74. The van der Waals surface area contributed by atoms with Gasteiger partial charge in [-0.3, -0.25) is 4.98 Å². The number of aromatic nitrogens is 1. The number of hydrogen-bond donors (Lipinski definition) is 0. The van der Waals surface area contributed by atoms with E-state index in [1.165, 1.54) is 10.3 Å². The molecule has 3 heteroatoms. The highest BCUT2D eigenvalue weighted by atomic mass is 32.2. The fourth-order valence-corrected chi connectivity index (χ4v) is 2.82. The molecule has 0 aliphatic heterocycles. The van der Waals surface area contributed by atoms with Gasteiger partial charge in [0.05, 0.1) is 12.6 Å². The molecule has 0 N–H and O–H groups in total. The van der Waals surface area contributed by atoms with E-state index in [0.29, 0.717) is 5.25 Å². The first-order valence-electron chi connectivity index (χ1n) is 5.72. The molecule has 2 rings (SSSR count). The molecule has 1 heterocycles. The number of nitrogens with zero attached hydrogens (tertiary/aromatic N) is 1. The molecule has 0 unspecified atom stereocenters. The molecular formula is C14H17NOS. The van der Waals surface area contributed by atoms with Gasteiger partial charge in [-0.25, -0.2) is 0 Å². The van der Waals surface area contributed by atoms with Gasteiger partial charge in [0.25, 0.3) is 0 Å². The van der Waals surface area contributed by atoms with E-state index in [1.807, 2.05) is 30.8 Å². The summed E-state index contributed by atoms with van der Waals surface area (Å²) in [5.74, 6) is 0.883. The predicted molar refractivity (Wildman–Crippen MR) is 74.0 cm³/mol. The maximum absolute atomic E-state index is 5.28.